The minimum absolute atomic E-state index is 0.0478. The Morgan fingerprint density at radius 1 is 1.44 bits per heavy atom. The molecule has 1 unspecified atom stereocenters. The van der Waals surface area contributed by atoms with Crippen molar-refractivity contribution in [1.29, 1.82) is 0 Å². The van der Waals surface area contributed by atoms with Crippen LogP contribution in [0.2, 0.25) is 5.02 Å². The van der Waals surface area contributed by atoms with Crippen molar-refractivity contribution in [3.63, 3.8) is 0 Å². The highest BCUT2D eigenvalue weighted by atomic mass is 35.5. The van der Waals surface area contributed by atoms with Crippen LogP contribution in [0, 0.1) is 5.82 Å². The maximum absolute atomic E-state index is 13.0. The Labute approximate surface area is 96.2 Å². The SMILES string of the molecule is CC1(c2ccc(F)c(Cl)c2)CC(=O)OC1=O. The van der Waals surface area contributed by atoms with E-state index in [1.54, 1.807) is 6.92 Å². The Bertz CT molecular complexity index is 486. The van der Waals surface area contributed by atoms with Gasteiger partial charge in [0.15, 0.2) is 0 Å². The fourth-order valence-corrected chi connectivity index (χ4v) is 1.85. The molecule has 1 aliphatic heterocycles. The van der Waals surface area contributed by atoms with Gasteiger partial charge in [-0.1, -0.05) is 17.7 Å². The molecule has 84 valence electrons. The van der Waals surface area contributed by atoms with Crippen LogP contribution in [-0.2, 0) is 19.7 Å². The van der Waals surface area contributed by atoms with Crippen LogP contribution in [0.25, 0.3) is 0 Å². The van der Waals surface area contributed by atoms with Crippen molar-refractivity contribution in [1.82, 2.24) is 0 Å². The van der Waals surface area contributed by atoms with Crippen molar-refractivity contribution in [2.75, 3.05) is 0 Å². The van der Waals surface area contributed by atoms with E-state index in [1.165, 1.54) is 18.2 Å². The minimum atomic E-state index is -1.06. The lowest BCUT2D eigenvalue weighted by molar-refractivity contribution is -0.153. The molecule has 1 saturated heterocycles. The standard InChI is InChI=1S/C11H8ClFO3/c1-11(5-9(14)16-10(11)15)6-2-3-8(13)7(12)4-6/h2-4H,5H2,1H3. The first-order valence-electron chi connectivity index (χ1n) is 4.64. The van der Waals surface area contributed by atoms with Crippen molar-refractivity contribution < 1.29 is 18.7 Å². The van der Waals surface area contributed by atoms with E-state index in [4.69, 9.17) is 11.6 Å². The molecule has 5 heteroatoms. The molecule has 2 rings (SSSR count). The summed E-state index contributed by atoms with van der Waals surface area (Å²) in [7, 11) is 0. The van der Waals surface area contributed by atoms with Crippen molar-refractivity contribution in [3.05, 3.63) is 34.6 Å². The number of carbonyl (C=O) groups excluding carboxylic acids is 2. The second-order valence-electron chi connectivity index (χ2n) is 3.90. The Balaban J connectivity index is 2.47. The lowest BCUT2D eigenvalue weighted by atomic mass is 9.81. The molecule has 0 N–H and O–H groups in total. The van der Waals surface area contributed by atoms with E-state index >= 15 is 0 Å². The molecule has 0 aromatic heterocycles. The predicted octanol–water partition coefficient (Wildman–Crippen LogP) is 2.21. The van der Waals surface area contributed by atoms with Gasteiger partial charge in [-0.2, -0.15) is 0 Å². The van der Waals surface area contributed by atoms with E-state index in [1.807, 2.05) is 0 Å². The largest absolute Gasteiger partial charge is 0.392 e. The van der Waals surface area contributed by atoms with E-state index in [9.17, 15) is 14.0 Å². The third-order valence-electron chi connectivity index (χ3n) is 2.71. The van der Waals surface area contributed by atoms with Gasteiger partial charge in [0.2, 0.25) is 0 Å². The van der Waals surface area contributed by atoms with E-state index in [2.05, 4.69) is 4.74 Å². The maximum atomic E-state index is 13.0. The molecule has 1 aliphatic rings. The third-order valence-corrected chi connectivity index (χ3v) is 3.00. The van der Waals surface area contributed by atoms with Crippen LogP contribution in [0.1, 0.15) is 18.9 Å². The predicted molar refractivity (Wildman–Crippen MR) is 54.5 cm³/mol. The van der Waals surface area contributed by atoms with Gasteiger partial charge in [-0.15, -0.1) is 0 Å². The molecule has 3 nitrogen and oxygen atoms in total. The Morgan fingerprint density at radius 3 is 2.62 bits per heavy atom. The molecule has 0 aliphatic carbocycles. The van der Waals surface area contributed by atoms with Crippen LogP contribution in [0.5, 0.6) is 0 Å². The number of cyclic esters (lactones) is 2. The smallest absolute Gasteiger partial charge is 0.324 e. The molecular formula is C11H8ClFO3. The summed E-state index contributed by atoms with van der Waals surface area (Å²) in [5, 5.41) is -0.0779. The zero-order valence-corrected chi connectivity index (χ0v) is 9.18. The van der Waals surface area contributed by atoms with E-state index in [0.717, 1.165) is 0 Å². The highest BCUT2D eigenvalue weighted by Gasteiger charge is 2.46. The summed E-state index contributed by atoms with van der Waals surface area (Å²) >= 11 is 5.63. The summed E-state index contributed by atoms with van der Waals surface area (Å²) in [4.78, 5) is 22.6. The van der Waals surface area contributed by atoms with Crippen LogP contribution in [0.15, 0.2) is 18.2 Å². The molecule has 1 aromatic rings. The quantitative estimate of drug-likeness (QED) is 0.560. The first-order valence-corrected chi connectivity index (χ1v) is 5.02. The molecule has 1 aromatic carbocycles. The molecular weight excluding hydrogens is 235 g/mol. The molecule has 1 heterocycles. The van der Waals surface area contributed by atoms with Gasteiger partial charge in [0, 0.05) is 0 Å². The van der Waals surface area contributed by atoms with Gasteiger partial charge in [0.05, 0.1) is 11.4 Å². The third kappa shape index (κ3) is 1.59. The van der Waals surface area contributed by atoms with Gasteiger partial charge in [-0.25, -0.2) is 4.39 Å². The summed E-state index contributed by atoms with van der Waals surface area (Å²) in [5.41, 5.74) is -0.580. The highest BCUT2D eigenvalue weighted by molar-refractivity contribution is 6.30. The summed E-state index contributed by atoms with van der Waals surface area (Å²) in [6.45, 7) is 1.57. The Morgan fingerprint density at radius 2 is 2.12 bits per heavy atom. The molecule has 1 fully saturated rings. The monoisotopic (exact) mass is 242 g/mol. The fraction of sp³-hybridized carbons (Fsp3) is 0.273. The molecule has 0 saturated carbocycles. The number of hydrogen-bond donors (Lipinski definition) is 0. The summed E-state index contributed by atoms with van der Waals surface area (Å²) in [6.07, 6.45) is -0.0478. The van der Waals surface area contributed by atoms with E-state index in [0.29, 0.717) is 5.56 Å². The van der Waals surface area contributed by atoms with Crippen molar-refractivity contribution in [2.24, 2.45) is 0 Å². The van der Waals surface area contributed by atoms with Gasteiger partial charge in [0.25, 0.3) is 0 Å². The van der Waals surface area contributed by atoms with E-state index < -0.39 is 23.2 Å². The van der Waals surface area contributed by atoms with Crippen molar-refractivity contribution in [2.45, 2.75) is 18.8 Å². The second-order valence-corrected chi connectivity index (χ2v) is 4.31. The molecule has 0 radical (unpaired) electrons. The zero-order chi connectivity index (χ0) is 11.9. The number of rotatable bonds is 1. The lowest BCUT2D eigenvalue weighted by Gasteiger charge is -2.18. The first kappa shape index (κ1) is 11.1. The first-order chi connectivity index (χ1) is 7.43. The van der Waals surface area contributed by atoms with Gasteiger partial charge in [-0.3, -0.25) is 9.59 Å². The van der Waals surface area contributed by atoms with Crippen molar-refractivity contribution in [3.8, 4) is 0 Å². The Kier molecular flexibility index (Phi) is 2.46. The van der Waals surface area contributed by atoms with Crippen LogP contribution in [0.3, 0.4) is 0 Å². The molecule has 16 heavy (non-hydrogen) atoms. The van der Waals surface area contributed by atoms with Gasteiger partial charge < -0.3 is 4.74 Å². The van der Waals surface area contributed by atoms with Gasteiger partial charge >= 0.3 is 11.9 Å². The lowest BCUT2D eigenvalue weighted by Crippen LogP contribution is -2.27. The summed E-state index contributed by atoms with van der Waals surface area (Å²) in [5.74, 6) is -1.76. The molecule has 0 amide bonds. The highest BCUT2D eigenvalue weighted by Crippen LogP contribution is 2.36. The van der Waals surface area contributed by atoms with Crippen LogP contribution in [-0.4, -0.2) is 11.9 Å². The number of benzene rings is 1. The van der Waals surface area contributed by atoms with Crippen LogP contribution < -0.4 is 0 Å². The zero-order valence-electron chi connectivity index (χ0n) is 8.42. The fourth-order valence-electron chi connectivity index (χ4n) is 1.67. The van der Waals surface area contributed by atoms with Crippen LogP contribution in [0.4, 0.5) is 4.39 Å². The number of esters is 2. The number of halogens is 2. The number of hydrogen-bond acceptors (Lipinski definition) is 3. The summed E-state index contributed by atoms with van der Waals surface area (Å²) in [6, 6.07) is 3.94. The number of carbonyl (C=O) groups is 2. The van der Waals surface area contributed by atoms with Crippen molar-refractivity contribution >= 4 is 23.5 Å². The Hall–Kier alpha value is -1.42. The van der Waals surface area contributed by atoms with E-state index in [-0.39, 0.29) is 11.4 Å². The van der Waals surface area contributed by atoms with Gasteiger partial charge in [0.1, 0.15) is 11.2 Å². The minimum Gasteiger partial charge on any atom is -0.392 e. The summed E-state index contributed by atoms with van der Waals surface area (Å²) < 4.78 is 17.5. The molecule has 0 spiro atoms. The normalized spacial score (nSPS) is 24.7. The molecule has 0 bridgehead atoms. The maximum Gasteiger partial charge on any atom is 0.324 e. The van der Waals surface area contributed by atoms with Crippen LogP contribution >= 0.6 is 11.6 Å². The average molecular weight is 243 g/mol. The van der Waals surface area contributed by atoms with Gasteiger partial charge in [-0.05, 0) is 24.6 Å². The number of ether oxygens (including phenoxy) is 1. The topological polar surface area (TPSA) is 43.4 Å². The second kappa shape index (κ2) is 3.56. The molecule has 1 atom stereocenters. The average Bonchev–Trinajstić information content (AvgIpc) is 2.46.